The van der Waals surface area contributed by atoms with Crippen LogP contribution in [0.2, 0.25) is 0 Å². The Labute approximate surface area is 138 Å². The third-order valence-corrected chi connectivity index (χ3v) is 3.87. The topological polar surface area (TPSA) is 67.9 Å². The van der Waals surface area contributed by atoms with Crippen molar-refractivity contribution < 1.29 is 27.8 Å². The summed E-state index contributed by atoms with van der Waals surface area (Å²) in [5.41, 5.74) is 0.201. The summed E-state index contributed by atoms with van der Waals surface area (Å²) in [6.45, 7) is -1.64. The number of esters is 1. The number of hydrogen-bond acceptors (Lipinski definition) is 5. The SMILES string of the molecule is COC(=O)C1CCN(CC(=O)Nc2ccccc2OC(F)F)CC1. The fourth-order valence-corrected chi connectivity index (χ4v) is 2.65. The number of benzene rings is 1. The van der Waals surface area contributed by atoms with E-state index in [2.05, 4.69) is 10.1 Å². The average Bonchev–Trinajstić information content (AvgIpc) is 2.56. The molecule has 6 nitrogen and oxygen atoms in total. The lowest BCUT2D eigenvalue weighted by Crippen LogP contribution is -2.41. The molecule has 2 rings (SSSR count). The Hall–Kier alpha value is -2.22. The highest BCUT2D eigenvalue weighted by atomic mass is 19.3. The van der Waals surface area contributed by atoms with E-state index in [9.17, 15) is 18.4 Å². The van der Waals surface area contributed by atoms with Gasteiger partial charge in [-0.15, -0.1) is 0 Å². The molecule has 1 fully saturated rings. The highest BCUT2D eigenvalue weighted by Gasteiger charge is 2.26. The van der Waals surface area contributed by atoms with Crippen LogP contribution in [0.1, 0.15) is 12.8 Å². The molecule has 1 N–H and O–H groups in total. The number of methoxy groups -OCH3 is 1. The molecule has 0 unspecified atom stereocenters. The Morgan fingerprint density at radius 2 is 1.96 bits per heavy atom. The molecule has 0 saturated carbocycles. The van der Waals surface area contributed by atoms with Crippen LogP contribution in [0.25, 0.3) is 0 Å². The van der Waals surface area contributed by atoms with Gasteiger partial charge in [0.2, 0.25) is 5.91 Å². The molecule has 24 heavy (non-hydrogen) atoms. The molecule has 1 aliphatic rings. The van der Waals surface area contributed by atoms with Crippen LogP contribution in [0.15, 0.2) is 24.3 Å². The number of para-hydroxylation sites is 2. The maximum absolute atomic E-state index is 12.4. The first kappa shape index (κ1) is 18.1. The molecule has 1 aliphatic heterocycles. The number of carbonyl (C=O) groups excluding carboxylic acids is 2. The van der Waals surface area contributed by atoms with Crippen LogP contribution in [-0.4, -0.2) is 50.1 Å². The van der Waals surface area contributed by atoms with Gasteiger partial charge in [0.25, 0.3) is 0 Å². The Morgan fingerprint density at radius 1 is 1.29 bits per heavy atom. The predicted octanol–water partition coefficient (Wildman–Crippen LogP) is 2.11. The maximum Gasteiger partial charge on any atom is 0.387 e. The molecule has 1 aromatic carbocycles. The van der Waals surface area contributed by atoms with Crippen LogP contribution in [0.5, 0.6) is 5.75 Å². The minimum atomic E-state index is -2.96. The van der Waals surface area contributed by atoms with E-state index < -0.39 is 6.61 Å². The van der Waals surface area contributed by atoms with Gasteiger partial charge in [-0.05, 0) is 38.1 Å². The van der Waals surface area contributed by atoms with Crippen molar-refractivity contribution in [3.05, 3.63) is 24.3 Å². The summed E-state index contributed by atoms with van der Waals surface area (Å²) in [6.07, 6.45) is 1.26. The number of hydrogen-bond donors (Lipinski definition) is 1. The van der Waals surface area contributed by atoms with E-state index in [1.165, 1.54) is 19.2 Å². The number of halogens is 2. The zero-order chi connectivity index (χ0) is 17.5. The minimum absolute atomic E-state index is 0.0785. The fourth-order valence-electron chi connectivity index (χ4n) is 2.65. The van der Waals surface area contributed by atoms with Gasteiger partial charge in [0.15, 0.2) is 0 Å². The standard InChI is InChI=1S/C16H20F2N2O4/c1-23-15(22)11-6-8-20(9-7-11)10-14(21)19-12-4-2-3-5-13(12)24-16(17)18/h2-5,11,16H,6-10H2,1H3,(H,19,21). The number of nitrogens with zero attached hydrogens (tertiary/aromatic N) is 1. The monoisotopic (exact) mass is 342 g/mol. The summed E-state index contributed by atoms with van der Waals surface area (Å²) in [5, 5.41) is 2.58. The molecule has 1 saturated heterocycles. The Balaban J connectivity index is 1.85. The number of rotatable bonds is 6. The van der Waals surface area contributed by atoms with Crippen LogP contribution >= 0.6 is 0 Å². The number of piperidine rings is 1. The summed E-state index contributed by atoms with van der Waals surface area (Å²) < 4.78 is 33.8. The molecule has 0 atom stereocenters. The fraction of sp³-hybridized carbons (Fsp3) is 0.500. The van der Waals surface area contributed by atoms with Crippen molar-refractivity contribution in [2.45, 2.75) is 19.5 Å². The van der Waals surface area contributed by atoms with Crippen LogP contribution < -0.4 is 10.1 Å². The minimum Gasteiger partial charge on any atom is -0.469 e. The Kier molecular flexibility index (Phi) is 6.48. The predicted molar refractivity (Wildman–Crippen MR) is 82.9 cm³/mol. The normalized spacial score (nSPS) is 16.0. The molecule has 0 bridgehead atoms. The van der Waals surface area contributed by atoms with Gasteiger partial charge < -0.3 is 14.8 Å². The van der Waals surface area contributed by atoms with Crippen molar-refractivity contribution >= 4 is 17.6 Å². The molecule has 0 radical (unpaired) electrons. The number of alkyl halides is 2. The van der Waals surface area contributed by atoms with Crippen molar-refractivity contribution in [3.63, 3.8) is 0 Å². The van der Waals surface area contributed by atoms with Crippen molar-refractivity contribution in [1.82, 2.24) is 4.90 Å². The third kappa shape index (κ3) is 5.16. The van der Waals surface area contributed by atoms with Gasteiger partial charge in [-0.25, -0.2) is 0 Å². The van der Waals surface area contributed by atoms with Crippen molar-refractivity contribution in [3.8, 4) is 5.75 Å². The second-order valence-corrected chi connectivity index (χ2v) is 5.50. The van der Waals surface area contributed by atoms with E-state index in [0.717, 1.165) is 0 Å². The van der Waals surface area contributed by atoms with E-state index in [1.54, 1.807) is 12.1 Å². The second kappa shape index (κ2) is 8.58. The van der Waals surface area contributed by atoms with E-state index >= 15 is 0 Å². The van der Waals surface area contributed by atoms with Crippen LogP contribution in [0.3, 0.4) is 0 Å². The molecule has 0 spiro atoms. The number of likely N-dealkylation sites (tertiary alicyclic amines) is 1. The van der Waals surface area contributed by atoms with Crippen LogP contribution in [0, 0.1) is 5.92 Å². The molecule has 132 valence electrons. The summed E-state index contributed by atoms with van der Waals surface area (Å²) in [7, 11) is 1.36. The maximum atomic E-state index is 12.4. The van der Waals surface area contributed by atoms with E-state index in [0.29, 0.717) is 25.9 Å². The number of nitrogens with one attached hydrogen (secondary N) is 1. The van der Waals surface area contributed by atoms with E-state index in [4.69, 9.17) is 4.74 Å². The lowest BCUT2D eigenvalue weighted by molar-refractivity contribution is -0.147. The van der Waals surface area contributed by atoms with Gasteiger partial charge in [0.1, 0.15) is 5.75 Å². The highest BCUT2D eigenvalue weighted by molar-refractivity contribution is 5.93. The zero-order valence-corrected chi connectivity index (χ0v) is 13.3. The Bertz CT molecular complexity index is 575. The summed E-state index contributed by atoms with van der Waals surface area (Å²) >= 11 is 0. The molecular formula is C16H20F2N2O4. The Morgan fingerprint density at radius 3 is 2.58 bits per heavy atom. The molecule has 8 heteroatoms. The lowest BCUT2D eigenvalue weighted by Gasteiger charge is -2.30. The number of amides is 1. The average molecular weight is 342 g/mol. The number of anilines is 1. The molecule has 1 aromatic rings. The molecule has 1 amide bonds. The van der Waals surface area contributed by atoms with E-state index in [-0.39, 0.29) is 35.8 Å². The summed E-state index contributed by atoms with van der Waals surface area (Å²) in [6, 6.07) is 6.03. The highest BCUT2D eigenvalue weighted by Crippen LogP contribution is 2.25. The molecule has 0 aromatic heterocycles. The first-order valence-corrected chi connectivity index (χ1v) is 7.63. The lowest BCUT2D eigenvalue weighted by atomic mass is 9.97. The van der Waals surface area contributed by atoms with Crippen molar-refractivity contribution in [2.75, 3.05) is 32.1 Å². The van der Waals surface area contributed by atoms with E-state index in [1.807, 2.05) is 4.90 Å². The van der Waals surface area contributed by atoms with Gasteiger partial charge >= 0.3 is 12.6 Å². The smallest absolute Gasteiger partial charge is 0.387 e. The third-order valence-electron chi connectivity index (χ3n) is 3.87. The number of carbonyl (C=O) groups is 2. The van der Waals surface area contributed by atoms with Gasteiger partial charge in [-0.1, -0.05) is 12.1 Å². The molecule has 0 aliphatic carbocycles. The first-order chi connectivity index (χ1) is 11.5. The summed E-state index contributed by atoms with van der Waals surface area (Å²) in [5.74, 6) is -0.756. The largest absolute Gasteiger partial charge is 0.469 e. The first-order valence-electron chi connectivity index (χ1n) is 7.63. The number of ether oxygens (including phenoxy) is 2. The van der Waals surface area contributed by atoms with Gasteiger partial charge in [0, 0.05) is 0 Å². The van der Waals surface area contributed by atoms with Crippen molar-refractivity contribution in [2.24, 2.45) is 5.92 Å². The molecule has 1 heterocycles. The van der Waals surface area contributed by atoms with Gasteiger partial charge in [-0.2, -0.15) is 8.78 Å². The van der Waals surface area contributed by atoms with Gasteiger partial charge in [-0.3, -0.25) is 14.5 Å². The second-order valence-electron chi connectivity index (χ2n) is 5.50. The van der Waals surface area contributed by atoms with Crippen molar-refractivity contribution in [1.29, 1.82) is 0 Å². The van der Waals surface area contributed by atoms with Crippen LogP contribution in [-0.2, 0) is 14.3 Å². The molecular weight excluding hydrogens is 322 g/mol. The summed E-state index contributed by atoms with van der Waals surface area (Å²) in [4.78, 5) is 25.5. The zero-order valence-electron chi connectivity index (χ0n) is 13.3. The van der Waals surface area contributed by atoms with Gasteiger partial charge in [0.05, 0.1) is 25.3 Å². The van der Waals surface area contributed by atoms with Crippen LogP contribution in [0.4, 0.5) is 14.5 Å². The quantitative estimate of drug-likeness (QED) is 0.802.